The third-order valence-electron chi connectivity index (χ3n) is 1.86. The standard InChI is InChI=1S/C10H13F3N2/c1-9(2,14)5-7-6-15-4-3-8(7)10(11,12)13/h3-4,6H,5,14H2,1-2H3. The van der Waals surface area contributed by atoms with Gasteiger partial charge < -0.3 is 5.73 Å². The number of halogens is 3. The molecule has 1 rings (SSSR count). The van der Waals surface area contributed by atoms with Crippen molar-refractivity contribution < 1.29 is 13.2 Å². The maximum Gasteiger partial charge on any atom is 0.416 e. The summed E-state index contributed by atoms with van der Waals surface area (Å²) in [5.41, 5.74) is 4.49. The van der Waals surface area contributed by atoms with E-state index in [2.05, 4.69) is 4.98 Å². The van der Waals surface area contributed by atoms with Crippen LogP contribution in [0.1, 0.15) is 25.0 Å². The van der Waals surface area contributed by atoms with Crippen LogP contribution in [0.15, 0.2) is 18.5 Å². The SMILES string of the molecule is CC(C)(N)Cc1cnccc1C(F)(F)F. The van der Waals surface area contributed by atoms with Gasteiger partial charge in [0.1, 0.15) is 0 Å². The average molecular weight is 218 g/mol. The van der Waals surface area contributed by atoms with Crippen LogP contribution >= 0.6 is 0 Å². The highest BCUT2D eigenvalue weighted by atomic mass is 19.4. The van der Waals surface area contributed by atoms with Crippen molar-refractivity contribution >= 4 is 0 Å². The maximum absolute atomic E-state index is 12.6. The molecule has 5 heteroatoms. The quantitative estimate of drug-likeness (QED) is 0.827. The number of hydrogen-bond acceptors (Lipinski definition) is 2. The van der Waals surface area contributed by atoms with E-state index < -0.39 is 17.3 Å². The molecule has 2 N–H and O–H groups in total. The largest absolute Gasteiger partial charge is 0.416 e. The van der Waals surface area contributed by atoms with Gasteiger partial charge in [0.15, 0.2) is 0 Å². The lowest BCUT2D eigenvalue weighted by molar-refractivity contribution is -0.138. The number of hydrogen-bond donors (Lipinski definition) is 1. The zero-order chi connectivity index (χ0) is 11.7. The van der Waals surface area contributed by atoms with Crippen molar-refractivity contribution in [3.63, 3.8) is 0 Å². The van der Waals surface area contributed by atoms with Crippen LogP contribution in [-0.4, -0.2) is 10.5 Å². The smallest absolute Gasteiger partial charge is 0.325 e. The fourth-order valence-corrected chi connectivity index (χ4v) is 1.34. The summed E-state index contributed by atoms with van der Waals surface area (Å²) in [7, 11) is 0. The van der Waals surface area contributed by atoms with E-state index in [-0.39, 0.29) is 12.0 Å². The van der Waals surface area contributed by atoms with E-state index >= 15 is 0 Å². The molecular weight excluding hydrogens is 205 g/mol. The third kappa shape index (κ3) is 3.51. The zero-order valence-electron chi connectivity index (χ0n) is 8.60. The first-order valence-electron chi connectivity index (χ1n) is 4.49. The predicted octanol–water partition coefficient (Wildman–Crippen LogP) is 2.38. The van der Waals surface area contributed by atoms with Crippen LogP contribution in [0, 0.1) is 0 Å². The minimum Gasteiger partial charge on any atom is -0.325 e. The third-order valence-corrected chi connectivity index (χ3v) is 1.86. The summed E-state index contributed by atoms with van der Waals surface area (Å²) >= 11 is 0. The molecule has 0 aliphatic carbocycles. The molecule has 0 spiro atoms. The van der Waals surface area contributed by atoms with E-state index in [1.807, 2.05) is 0 Å². The monoisotopic (exact) mass is 218 g/mol. The molecule has 15 heavy (non-hydrogen) atoms. The Morgan fingerprint density at radius 3 is 2.40 bits per heavy atom. The molecule has 0 fully saturated rings. The van der Waals surface area contributed by atoms with Gasteiger partial charge in [-0.1, -0.05) is 0 Å². The summed E-state index contributed by atoms with van der Waals surface area (Å²) in [4.78, 5) is 3.69. The van der Waals surface area contributed by atoms with Crippen molar-refractivity contribution in [3.8, 4) is 0 Å². The molecular formula is C10H13F3N2. The molecule has 0 aromatic carbocycles. The van der Waals surface area contributed by atoms with Crippen LogP contribution in [0.2, 0.25) is 0 Å². The maximum atomic E-state index is 12.6. The second-order valence-corrected chi connectivity index (χ2v) is 4.20. The van der Waals surface area contributed by atoms with E-state index in [0.29, 0.717) is 0 Å². The number of rotatable bonds is 2. The number of pyridine rings is 1. The van der Waals surface area contributed by atoms with Crippen molar-refractivity contribution in [2.75, 3.05) is 0 Å². The molecule has 1 aromatic heterocycles. The second kappa shape index (κ2) is 3.81. The van der Waals surface area contributed by atoms with Crippen molar-refractivity contribution in [3.05, 3.63) is 29.6 Å². The van der Waals surface area contributed by atoms with Crippen molar-refractivity contribution in [2.24, 2.45) is 5.73 Å². The molecule has 0 amide bonds. The lowest BCUT2D eigenvalue weighted by atomic mass is 9.94. The first-order valence-corrected chi connectivity index (χ1v) is 4.49. The molecule has 0 saturated heterocycles. The van der Waals surface area contributed by atoms with Gasteiger partial charge in [0.25, 0.3) is 0 Å². The van der Waals surface area contributed by atoms with Crippen LogP contribution < -0.4 is 5.73 Å². The highest BCUT2D eigenvalue weighted by Crippen LogP contribution is 2.32. The molecule has 0 aliphatic heterocycles. The van der Waals surface area contributed by atoms with E-state index in [9.17, 15) is 13.2 Å². The topological polar surface area (TPSA) is 38.9 Å². The molecule has 0 saturated carbocycles. The van der Waals surface area contributed by atoms with Gasteiger partial charge >= 0.3 is 6.18 Å². The van der Waals surface area contributed by atoms with Gasteiger partial charge in [-0.3, -0.25) is 4.98 Å². The van der Waals surface area contributed by atoms with E-state index in [1.54, 1.807) is 13.8 Å². The Kier molecular flexibility index (Phi) is 3.04. The minimum atomic E-state index is -4.34. The molecule has 0 unspecified atom stereocenters. The minimum absolute atomic E-state index is 0.137. The molecule has 0 bridgehead atoms. The Bertz CT molecular complexity index is 339. The molecule has 0 aliphatic rings. The molecule has 1 heterocycles. The number of alkyl halides is 3. The summed E-state index contributed by atoms with van der Waals surface area (Å²) in [6.45, 7) is 3.36. The van der Waals surface area contributed by atoms with Crippen LogP contribution in [0.5, 0.6) is 0 Å². The highest BCUT2D eigenvalue weighted by Gasteiger charge is 2.34. The molecule has 0 radical (unpaired) electrons. The Balaban J connectivity index is 3.08. The van der Waals surface area contributed by atoms with Gasteiger partial charge in [-0.25, -0.2) is 0 Å². The Hall–Kier alpha value is -1.10. The fourth-order valence-electron chi connectivity index (χ4n) is 1.34. The number of nitrogens with zero attached hydrogens (tertiary/aromatic N) is 1. The number of aromatic nitrogens is 1. The van der Waals surface area contributed by atoms with Crippen molar-refractivity contribution in [1.82, 2.24) is 4.98 Å². The van der Waals surface area contributed by atoms with Crippen LogP contribution in [-0.2, 0) is 12.6 Å². The van der Waals surface area contributed by atoms with Gasteiger partial charge in [0.2, 0.25) is 0 Å². The van der Waals surface area contributed by atoms with Crippen LogP contribution in [0.4, 0.5) is 13.2 Å². The fraction of sp³-hybridized carbons (Fsp3) is 0.500. The van der Waals surface area contributed by atoms with Gasteiger partial charge in [0, 0.05) is 17.9 Å². The van der Waals surface area contributed by atoms with Crippen molar-refractivity contribution in [2.45, 2.75) is 32.0 Å². The summed E-state index contributed by atoms with van der Waals surface area (Å²) in [6, 6.07) is 0.973. The summed E-state index contributed by atoms with van der Waals surface area (Å²) in [5.74, 6) is 0. The normalized spacial score (nSPS) is 12.9. The first-order chi connectivity index (χ1) is 6.70. The predicted molar refractivity (Wildman–Crippen MR) is 51.2 cm³/mol. The van der Waals surface area contributed by atoms with E-state index in [0.717, 1.165) is 12.3 Å². The lowest BCUT2D eigenvalue weighted by Gasteiger charge is -2.20. The molecule has 0 atom stereocenters. The lowest BCUT2D eigenvalue weighted by Crippen LogP contribution is -2.35. The molecule has 2 nitrogen and oxygen atoms in total. The summed E-state index contributed by atoms with van der Waals surface area (Å²) in [6.07, 6.45) is -1.84. The van der Waals surface area contributed by atoms with Gasteiger partial charge in [-0.2, -0.15) is 13.2 Å². The van der Waals surface area contributed by atoms with E-state index in [4.69, 9.17) is 5.73 Å². The summed E-state index contributed by atoms with van der Waals surface area (Å²) in [5, 5.41) is 0. The van der Waals surface area contributed by atoms with Crippen LogP contribution in [0.3, 0.4) is 0 Å². The molecule has 1 aromatic rings. The van der Waals surface area contributed by atoms with Gasteiger partial charge in [0.05, 0.1) is 5.56 Å². The first kappa shape index (κ1) is 12.0. The molecule has 84 valence electrons. The van der Waals surface area contributed by atoms with E-state index in [1.165, 1.54) is 6.20 Å². The van der Waals surface area contributed by atoms with Crippen LogP contribution in [0.25, 0.3) is 0 Å². The van der Waals surface area contributed by atoms with Gasteiger partial charge in [-0.15, -0.1) is 0 Å². The highest BCUT2D eigenvalue weighted by molar-refractivity contribution is 5.27. The van der Waals surface area contributed by atoms with Crippen molar-refractivity contribution in [1.29, 1.82) is 0 Å². The zero-order valence-corrected chi connectivity index (χ0v) is 8.60. The van der Waals surface area contributed by atoms with Gasteiger partial charge in [-0.05, 0) is 31.9 Å². The Labute approximate surface area is 86.3 Å². The Morgan fingerprint density at radius 2 is 1.93 bits per heavy atom. The number of nitrogens with two attached hydrogens (primary N) is 1. The second-order valence-electron chi connectivity index (χ2n) is 4.20. The average Bonchev–Trinajstić information content (AvgIpc) is 1.99. The summed E-state index contributed by atoms with van der Waals surface area (Å²) < 4.78 is 37.7. The Morgan fingerprint density at radius 1 is 1.33 bits per heavy atom.